The molecular formula is C54H52N4O8. The molecule has 4 aromatic carbocycles. The van der Waals surface area contributed by atoms with E-state index in [-0.39, 0.29) is 47.3 Å². The minimum atomic E-state index is -0.328. The van der Waals surface area contributed by atoms with Gasteiger partial charge in [0.05, 0.1) is 22.7 Å². The molecule has 0 aromatic heterocycles. The van der Waals surface area contributed by atoms with Crippen molar-refractivity contribution in [1.82, 2.24) is 0 Å². The van der Waals surface area contributed by atoms with Gasteiger partial charge in [0.25, 0.3) is 47.3 Å². The summed E-state index contributed by atoms with van der Waals surface area (Å²) in [5.74, 6) is -2.52. The number of hydrogen-bond donors (Lipinski definition) is 0. The fraction of sp³-hybridized carbons (Fsp3) is 0.259. The fourth-order valence-corrected chi connectivity index (χ4v) is 9.48. The third-order valence-electron chi connectivity index (χ3n) is 12.2. The number of carbonyl (C=O) groups is 8. The monoisotopic (exact) mass is 884 g/mol. The summed E-state index contributed by atoms with van der Waals surface area (Å²) in [7, 11) is 0. The highest BCUT2D eigenvalue weighted by Gasteiger charge is 2.32. The average molecular weight is 885 g/mol. The fourth-order valence-electron chi connectivity index (χ4n) is 9.48. The highest BCUT2D eigenvalue weighted by Crippen LogP contribution is 2.36. The topological polar surface area (TPSA) is 150 Å². The van der Waals surface area contributed by atoms with Gasteiger partial charge in [0.1, 0.15) is 0 Å². The van der Waals surface area contributed by atoms with Crippen LogP contribution < -0.4 is 19.6 Å². The van der Waals surface area contributed by atoms with E-state index in [1.807, 2.05) is 79.7 Å². The summed E-state index contributed by atoms with van der Waals surface area (Å²) in [5.41, 5.74) is 14.2. The molecule has 12 nitrogen and oxygen atoms in total. The van der Waals surface area contributed by atoms with Gasteiger partial charge < -0.3 is 0 Å². The highest BCUT2D eigenvalue weighted by molar-refractivity contribution is 6.31. The average Bonchev–Trinajstić information content (AvgIpc) is 4.00. The standard InChI is InChI=1S/C29H30N2O4.C25H22N2O4/c1-5-20-14-18(15-21(6-2)28(20)30-24(32)9-10-25(30)33)13-19-16-22(7-3)29(23(8-4)17-19)31-26(34)11-12-27(31)35;1-14-9-18(10-15(2)24(14)26-20(28)5-6-21(26)29)13-19-11-16(3)25(17(4)12-19)27-22(30)7-8-23(27)31/h9-12,14-17H,5-8,13H2,1-4H3;5-12H,13H2,1-4H3. The first kappa shape index (κ1) is 46.4. The predicted octanol–water partition coefficient (Wildman–Crippen LogP) is 7.76. The first-order chi connectivity index (χ1) is 31.5. The van der Waals surface area contributed by atoms with Gasteiger partial charge in [-0.2, -0.15) is 0 Å². The second-order valence-corrected chi connectivity index (χ2v) is 16.8. The maximum atomic E-state index is 12.4. The molecule has 0 bridgehead atoms. The molecule has 0 saturated carbocycles. The summed E-state index contributed by atoms with van der Waals surface area (Å²) in [6, 6.07) is 16.3. The molecule has 4 aliphatic rings. The number of imide groups is 4. The van der Waals surface area contributed by atoms with E-state index in [4.69, 9.17) is 0 Å². The van der Waals surface area contributed by atoms with Crippen LogP contribution in [0.3, 0.4) is 0 Å². The van der Waals surface area contributed by atoms with E-state index in [9.17, 15) is 38.4 Å². The molecule has 0 radical (unpaired) electrons. The predicted molar refractivity (Wildman–Crippen MR) is 254 cm³/mol. The zero-order valence-electron chi connectivity index (χ0n) is 38.5. The van der Waals surface area contributed by atoms with Crippen LogP contribution in [0.25, 0.3) is 0 Å². The lowest BCUT2D eigenvalue weighted by molar-refractivity contribution is -0.121. The smallest absolute Gasteiger partial charge is 0.258 e. The Morgan fingerprint density at radius 3 is 0.667 bits per heavy atom. The van der Waals surface area contributed by atoms with Crippen LogP contribution in [0.4, 0.5) is 22.7 Å². The summed E-state index contributed by atoms with van der Waals surface area (Å²) in [6.07, 6.45) is 14.5. The normalized spacial score (nSPS) is 15.5. The Kier molecular flexibility index (Phi) is 13.3. The van der Waals surface area contributed by atoms with E-state index >= 15 is 0 Å². The van der Waals surface area contributed by atoms with Crippen LogP contribution in [-0.2, 0) is 76.9 Å². The Morgan fingerprint density at radius 2 is 0.470 bits per heavy atom. The zero-order valence-corrected chi connectivity index (χ0v) is 38.5. The molecule has 0 N–H and O–H groups in total. The summed E-state index contributed by atoms with van der Waals surface area (Å²) in [6.45, 7) is 15.7. The summed E-state index contributed by atoms with van der Waals surface area (Å²) in [5, 5.41) is 0. The Balaban J connectivity index is 0.000000198. The van der Waals surface area contributed by atoms with E-state index in [0.717, 1.165) is 66.8 Å². The second kappa shape index (κ2) is 18.9. The number of aryl methyl sites for hydroxylation is 8. The van der Waals surface area contributed by atoms with Crippen molar-refractivity contribution in [1.29, 1.82) is 0 Å². The third-order valence-corrected chi connectivity index (χ3v) is 12.2. The van der Waals surface area contributed by atoms with E-state index in [1.165, 1.54) is 68.2 Å². The molecule has 4 heterocycles. The number of anilines is 4. The van der Waals surface area contributed by atoms with Crippen molar-refractivity contribution in [3.63, 3.8) is 0 Å². The molecule has 4 aromatic rings. The molecule has 8 rings (SSSR count). The molecule has 0 spiro atoms. The second-order valence-electron chi connectivity index (χ2n) is 16.8. The largest absolute Gasteiger partial charge is 0.269 e. The molecule has 66 heavy (non-hydrogen) atoms. The third kappa shape index (κ3) is 8.78. The Labute approximate surface area is 384 Å². The molecule has 0 aliphatic carbocycles. The van der Waals surface area contributed by atoms with Gasteiger partial charge >= 0.3 is 0 Å². The maximum absolute atomic E-state index is 12.4. The molecule has 12 heteroatoms. The quantitative estimate of drug-likeness (QED) is 0.131. The van der Waals surface area contributed by atoms with Crippen LogP contribution in [0.2, 0.25) is 0 Å². The van der Waals surface area contributed by atoms with Crippen LogP contribution in [0.5, 0.6) is 0 Å². The molecular weight excluding hydrogens is 833 g/mol. The van der Waals surface area contributed by atoms with Crippen molar-refractivity contribution in [2.45, 2.75) is 93.9 Å². The molecule has 0 fully saturated rings. The van der Waals surface area contributed by atoms with E-state index < -0.39 is 0 Å². The summed E-state index contributed by atoms with van der Waals surface area (Å²) >= 11 is 0. The lowest BCUT2D eigenvalue weighted by Crippen LogP contribution is -2.31. The van der Waals surface area contributed by atoms with Crippen LogP contribution in [0, 0.1) is 27.7 Å². The van der Waals surface area contributed by atoms with Gasteiger partial charge in [-0.1, -0.05) is 76.2 Å². The van der Waals surface area contributed by atoms with Crippen LogP contribution >= 0.6 is 0 Å². The number of rotatable bonds is 12. The van der Waals surface area contributed by atoms with E-state index in [0.29, 0.717) is 61.3 Å². The minimum absolute atomic E-state index is 0.302. The van der Waals surface area contributed by atoms with Gasteiger partial charge in [0, 0.05) is 48.6 Å². The molecule has 8 amide bonds. The number of nitrogens with zero attached hydrogens (tertiary/aromatic N) is 4. The molecule has 336 valence electrons. The Bertz CT molecular complexity index is 2570. The van der Waals surface area contributed by atoms with Gasteiger partial charge in [-0.05, 0) is 133 Å². The SMILES string of the molecule is CCc1cc(Cc2cc(CC)c(N3C(=O)C=CC3=O)c(CC)c2)cc(CC)c1N1C(=O)C=CC1=O.Cc1cc(Cc2cc(C)c(N3C(=O)C=CC3=O)c(C)c2)cc(C)c1N1C(=O)C=CC1=O. The Morgan fingerprint density at radius 1 is 0.288 bits per heavy atom. The van der Waals surface area contributed by atoms with Crippen molar-refractivity contribution in [2.75, 3.05) is 19.6 Å². The van der Waals surface area contributed by atoms with Gasteiger partial charge in [0.15, 0.2) is 0 Å². The van der Waals surface area contributed by atoms with Gasteiger partial charge in [-0.3, -0.25) is 38.4 Å². The molecule has 0 unspecified atom stereocenters. The number of benzene rings is 4. The van der Waals surface area contributed by atoms with E-state index in [2.05, 4.69) is 24.3 Å². The Hall–Kier alpha value is -7.60. The molecule has 0 atom stereocenters. The molecule has 0 saturated heterocycles. The van der Waals surface area contributed by atoms with Gasteiger partial charge in [-0.15, -0.1) is 0 Å². The minimum Gasteiger partial charge on any atom is -0.269 e. The van der Waals surface area contributed by atoms with Gasteiger partial charge in [0.2, 0.25) is 0 Å². The number of hydrogen-bond acceptors (Lipinski definition) is 8. The van der Waals surface area contributed by atoms with Crippen LogP contribution in [-0.4, -0.2) is 47.3 Å². The maximum Gasteiger partial charge on any atom is 0.258 e. The van der Waals surface area contributed by atoms with Crippen molar-refractivity contribution in [3.8, 4) is 0 Å². The van der Waals surface area contributed by atoms with Crippen LogP contribution in [0.15, 0.2) is 97.1 Å². The van der Waals surface area contributed by atoms with Crippen molar-refractivity contribution in [3.05, 3.63) is 164 Å². The van der Waals surface area contributed by atoms with Crippen LogP contribution in [0.1, 0.15) is 94.5 Å². The lowest BCUT2D eigenvalue weighted by atomic mass is 9.92. The van der Waals surface area contributed by atoms with Crippen molar-refractivity contribution < 1.29 is 38.4 Å². The summed E-state index contributed by atoms with van der Waals surface area (Å²) < 4.78 is 0. The zero-order chi connectivity index (χ0) is 47.7. The van der Waals surface area contributed by atoms with Gasteiger partial charge in [-0.25, -0.2) is 19.6 Å². The highest BCUT2D eigenvalue weighted by atomic mass is 16.2. The van der Waals surface area contributed by atoms with E-state index in [1.54, 1.807) is 0 Å². The van der Waals surface area contributed by atoms with Crippen molar-refractivity contribution in [2.24, 2.45) is 0 Å². The van der Waals surface area contributed by atoms with Crippen molar-refractivity contribution >= 4 is 70.0 Å². The summed E-state index contributed by atoms with van der Waals surface area (Å²) in [4.78, 5) is 103. The first-order valence-corrected chi connectivity index (χ1v) is 22.2. The first-order valence-electron chi connectivity index (χ1n) is 22.2. The lowest BCUT2D eigenvalue weighted by Gasteiger charge is -2.24. The number of carbonyl (C=O) groups excluding carboxylic acids is 8. The number of amides is 8. The molecule has 4 aliphatic heterocycles.